The van der Waals surface area contributed by atoms with Crippen LogP contribution >= 0.6 is 0 Å². The lowest BCUT2D eigenvalue weighted by Gasteiger charge is -2.23. The van der Waals surface area contributed by atoms with Crippen LogP contribution in [0.15, 0.2) is 18.2 Å². The van der Waals surface area contributed by atoms with Gasteiger partial charge in [0, 0.05) is 5.69 Å². The monoisotopic (exact) mass is 278 g/mol. The molecule has 1 aromatic carbocycles. The number of hydrogen-bond acceptors (Lipinski definition) is 4. The van der Waals surface area contributed by atoms with Crippen molar-refractivity contribution in [3.05, 3.63) is 29.3 Å². The van der Waals surface area contributed by atoms with Crippen molar-refractivity contribution in [3.63, 3.8) is 0 Å². The van der Waals surface area contributed by atoms with Gasteiger partial charge in [-0.1, -0.05) is 19.4 Å². The molecule has 0 bridgehead atoms. The fourth-order valence-electron chi connectivity index (χ4n) is 1.90. The normalized spacial score (nSPS) is 13.4. The Labute approximate surface area is 119 Å². The molecule has 0 saturated heterocycles. The van der Waals surface area contributed by atoms with Crippen molar-refractivity contribution >= 4 is 17.6 Å². The van der Waals surface area contributed by atoms with Crippen molar-refractivity contribution in [1.82, 2.24) is 0 Å². The molecule has 1 atom stereocenters. The predicted octanol–water partition coefficient (Wildman–Crippen LogP) is 2.24. The van der Waals surface area contributed by atoms with Crippen LogP contribution in [0.4, 0.5) is 5.69 Å². The van der Waals surface area contributed by atoms with Crippen molar-refractivity contribution in [2.24, 2.45) is 5.73 Å². The van der Waals surface area contributed by atoms with Gasteiger partial charge in [0.2, 0.25) is 5.91 Å². The maximum atomic E-state index is 12.2. The van der Waals surface area contributed by atoms with Crippen LogP contribution in [0.2, 0.25) is 0 Å². The van der Waals surface area contributed by atoms with E-state index in [-0.39, 0.29) is 5.91 Å². The summed E-state index contributed by atoms with van der Waals surface area (Å²) in [6, 6.07) is 5.02. The second kappa shape index (κ2) is 6.52. The quantitative estimate of drug-likeness (QED) is 0.809. The van der Waals surface area contributed by atoms with Gasteiger partial charge in [0.25, 0.3) is 0 Å². The summed E-state index contributed by atoms with van der Waals surface area (Å²) in [5.74, 6) is -0.700. The Morgan fingerprint density at radius 2 is 2.05 bits per heavy atom. The smallest absolute Gasteiger partial charge is 0.337 e. The average Bonchev–Trinajstić information content (AvgIpc) is 2.40. The molecule has 3 N–H and O–H groups in total. The number of methoxy groups -OCH3 is 1. The molecule has 0 aliphatic rings. The van der Waals surface area contributed by atoms with E-state index < -0.39 is 11.5 Å². The first-order chi connectivity index (χ1) is 9.31. The number of nitrogens with two attached hydrogens (primary N) is 1. The number of nitrogens with one attached hydrogen (secondary N) is 1. The summed E-state index contributed by atoms with van der Waals surface area (Å²) in [4.78, 5) is 23.7. The minimum atomic E-state index is -0.928. The molecule has 0 aliphatic carbocycles. The maximum absolute atomic E-state index is 12.2. The third-order valence-electron chi connectivity index (χ3n) is 3.19. The van der Waals surface area contributed by atoms with Crippen LogP contribution in [0, 0.1) is 6.92 Å². The van der Waals surface area contributed by atoms with Gasteiger partial charge in [-0.2, -0.15) is 0 Å². The first-order valence-corrected chi connectivity index (χ1v) is 6.61. The summed E-state index contributed by atoms with van der Waals surface area (Å²) < 4.78 is 4.67. The van der Waals surface area contributed by atoms with Gasteiger partial charge in [-0.3, -0.25) is 4.79 Å². The molecule has 110 valence electrons. The second-order valence-electron chi connectivity index (χ2n) is 5.14. The van der Waals surface area contributed by atoms with Crippen molar-refractivity contribution in [2.45, 2.75) is 39.2 Å². The Kier molecular flexibility index (Phi) is 5.27. The van der Waals surface area contributed by atoms with E-state index >= 15 is 0 Å². The standard InChI is InChI=1S/C15H22N2O3/c1-5-8-15(3,16)14(19)17-12-9-11(13(18)20-4)7-6-10(12)2/h6-7,9H,5,8,16H2,1-4H3,(H,17,19). The van der Waals surface area contributed by atoms with Crippen LogP contribution in [0.1, 0.15) is 42.6 Å². The molecule has 0 spiro atoms. The fraction of sp³-hybridized carbons (Fsp3) is 0.467. The van der Waals surface area contributed by atoms with Gasteiger partial charge < -0.3 is 15.8 Å². The number of benzene rings is 1. The number of amides is 1. The molecule has 0 radical (unpaired) electrons. The Bertz CT molecular complexity index is 510. The Morgan fingerprint density at radius 3 is 2.60 bits per heavy atom. The predicted molar refractivity (Wildman–Crippen MR) is 78.6 cm³/mol. The lowest BCUT2D eigenvalue weighted by atomic mass is 9.96. The molecule has 0 fully saturated rings. The van der Waals surface area contributed by atoms with E-state index in [4.69, 9.17) is 5.73 Å². The van der Waals surface area contributed by atoms with Gasteiger partial charge >= 0.3 is 5.97 Å². The Morgan fingerprint density at radius 1 is 1.40 bits per heavy atom. The number of hydrogen-bond donors (Lipinski definition) is 2. The zero-order valence-electron chi connectivity index (χ0n) is 12.4. The molecular weight excluding hydrogens is 256 g/mol. The van der Waals surface area contributed by atoms with E-state index in [1.165, 1.54) is 7.11 Å². The summed E-state index contributed by atoms with van der Waals surface area (Å²) in [6.45, 7) is 5.52. The zero-order valence-corrected chi connectivity index (χ0v) is 12.4. The molecule has 1 amide bonds. The maximum Gasteiger partial charge on any atom is 0.337 e. The number of anilines is 1. The summed E-state index contributed by atoms with van der Waals surface area (Å²) in [6.07, 6.45) is 1.41. The van der Waals surface area contributed by atoms with Crippen LogP contribution in [-0.2, 0) is 9.53 Å². The van der Waals surface area contributed by atoms with Gasteiger partial charge in [0.15, 0.2) is 0 Å². The fourth-order valence-corrected chi connectivity index (χ4v) is 1.90. The van der Waals surface area contributed by atoms with Crippen LogP contribution in [0.25, 0.3) is 0 Å². The largest absolute Gasteiger partial charge is 0.465 e. The minimum Gasteiger partial charge on any atom is -0.465 e. The van der Waals surface area contributed by atoms with E-state index in [2.05, 4.69) is 10.1 Å². The average molecular weight is 278 g/mol. The van der Waals surface area contributed by atoms with Crippen LogP contribution < -0.4 is 11.1 Å². The topological polar surface area (TPSA) is 81.4 Å². The molecule has 5 nitrogen and oxygen atoms in total. The van der Waals surface area contributed by atoms with Crippen molar-refractivity contribution < 1.29 is 14.3 Å². The van der Waals surface area contributed by atoms with Crippen molar-refractivity contribution in [1.29, 1.82) is 0 Å². The molecular formula is C15H22N2O3. The van der Waals surface area contributed by atoms with Gasteiger partial charge in [-0.15, -0.1) is 0 Å². The highest BCUT2D eigenvalue weighted by Gasteiger charge is 2.27. The highest BCUT2D eigenvalue weighted by Crippen LogP contribution is 2.20. The molecule has 5 heteroatoms. The number of carbonyl (C=O) groups is 2. The van der Waals surface area contributed by atoms with E-state index in [1.807, 2.05) is 13.8 Å². The molecule has 0 aromatic heterocycles. The molecule has 0 heterocycles. The summed E-state index contributed by atoms with van der Waals surface area (Å²) >= 11 is 0. The highest BCUT2D eigenvalue weighted by atomic mass is 16.5. The molecule has 0 aliphatic heterocycles. The van der Waals surface area contributed by atoms with E-state index in [0.717, 1.165) is 12.0 Å². The first kappa shape index (κ1) is 16.2. The number of rotatable bonds is 5. The van der Waals surface area contributed by atoms with Crippen LogP contribution in [0.5, 0.6) is 0 Å². The Hall–Kier alpha value is -1.88. The van der Waals surface area contributed by atoms with E-state index in [1.54, 1.807) is 25.1 Å². The van der Waals surface area contributed by atoms with Crippen molar-refractivity contribution in [2.75, 3.05) is 12.4 Å². The highest BCUT2D eigenvalue weighted by molar-refractivity contribution is 5.99. The van der Waals surface area contributed by atoms with Gasteiger partial charge in [-0.25, -0.2) is 4.79 Å². The first-order valence-electron chi connectivity index (χ1n) is 6.61. The molecule has 1 rings (SSSR count). The van der Waals surface area contributed by atoms with E-state index in [0.29, 0.717) is 17.7 Å². The Balaban J connectivity index is 2.97. The third kappa shape index (κ3) is 3.81. The summed E-state index contributed by atoms with van der Waals surface area (Å²) in [5.41, 5.74) is 6.89. The SMILES string of the molecule is CCCC(C)(N)C(=O)Nc1cc(C(=O)OC)ccc1C. The van der Waals surface area contributed by atoms with Gasteiger partial charge in [0.1, 0.15) is 0 Å². The number of ether oxygens (including phenoxy) is 1. The minimum absolute atomic E-state index is 0.260. The number of aryl methyl sites for hydroxylation is 1. The zero-order chi connectivity index (χ0) is 15.3. The summed E-state index contributed by atoms with van der Waals surface area (Å²) in [7, 11) is 1.32. The lowest BCUT2D eigenvalue weighted by molar-refractivity contribution is -0.120. The number of carbonyl (C=O) groups excluding carboxylic acids is 2. The van der Waals surface area contributed by atoms with E-state index in [9.17, 15) is 9.59 Å². The van der Waals surface area contributed by atoms with Gasteiger partial charge in [-0.05, 0) is 38.0 Å². The molecule has 1 aromatic rings. The van der Waals surface area contributed by atoms with Crippen LogP contribution in [-0.4, -0.2) is 24.5 Å². The molecule has 20 heavy (non-hydrogen) atoms. The number of esters is 1. The third-order valence-corrected chi connectivity index (χ3v) is 3.19. The summed E-state index contributed by atoms with van der Waals surface area (Å²) in [5, 5.41) is 2.78. The van der Waals surface area contributed by atoms with Crippen LogP contribution in [0.3, 0.4) is 0 Å². The second-order valence-corrected chi connectivity index (χ2v) is 5.14. The molecule has 0 saturated carbocycles. The van der Waals surface area contributed by atoms with Crippen molar-refractivity contribution in [3.8, 4) is 0 Å². The van der Waals surface area contributed by atoms with Gasteiger partial charge in [0.05, 0.1) is 18.2 Å². The molecule has 1 unspecified atom stereocenters. The lowest BCUT2D eigenvalue weighted by Crippen LogP contribution is -2.48.